The summed E-state index contributed by atoms with van der Waals surface area (Å²) in [6, 6.07) is 6.61. The SMILES string of the molecule is C=C(C)Cn1c(CCNCC)nc2cc(CC)ccc21. The van der Waals surface area contributed by atoms with Gasteiger partial charge in [-0.2, -0.15) is 0 Å². The number of nitrogens with zero attached hydrogens (tertiary/aromatic N) is 2. The Bertz CT molecular complexity index is 596. The fourth-order valence-corrected chi connectivity index (χ4v) is 2.46. The minimum atomic E-state index is 0.851. The fraction of sp³-hybridized carbons (Fsp3) is 0.471. The average Bonchev–Trinajstić information content (AvgIpc) is 2.76. The highest BCUT2D eigenvalue weighted by Gasteiger charge is 2.10. The first kappa shape index (κ1) is 14.8. The second-order valence-electron chi connectivity index (χ2n) is 5.35. The maximum atomic E-state index is 4.83. The molecule has 1 N–H and O–H groups in total. The number of benzene rings is 1. The molecule has 0 atom stereocenters. The summed E-state index contributed by atoms with van der Waals surface area (Å²) in [6.07, 6.45) is 2.01. The molecule has 0 bridgehead atoms. The van der Waals surface area contributed by atoms with Crippen molar-refractivity contribution in [3.63, 3.8) is 0 Å². The third-order valence-corrected chi connectivity index (χ3v) is 3.50. The summed E-state index contributed by atoms with van der Waals surface area (Å²) >= 11 is 0. The van der Waals surface area contributed by atoms with Crippen molar-refractivity contribution in [2.24, 2.45) is 0 Å². The molecule has 0 spiro atoms. The highest BCUT2D eigenvalue weighted by molar-refractivity contribution is 5.77. The molecule has 2 aromatic rings. The van der Waals surface area contributed by atoms with Gasteiger partial charge in [0.05, 0.1) is 11.0 Å². The third-order valence-electron chi connectivity index (χ3n) is 3.50. The number of imidazole rings is 1. The van der Waals surface area contributed by atoms with Crippen molar-refractivity contribution < 1.29 is 0 Å². The summed E-state index contributed by atoms with van der Waals surface area (Å²) in [6.45, 7) is 13.2. The van der Waals surface area contributed by atoms with Crippen LogP contribution in [-0.2, 0) is 19.4 Å². The molecule has 1 aromatic carbocycles. The Labute approximate surface area is 121 Å². The van der Waals surface area contributed by atoms with Crippen LogP contribution in [0.4, 0.5) is 0 Å². The first-order valence-corrected chi connectivity index (χ1v) is 7.48. The number of fused-ring (bicyclic) bond motifs is 1. The van der Waals surface area contributed by atoms with Gasteiger partial charge in [-0.15, -0.1) is 0 Å². The predicted octanol–water partition coefficient (Wildman–Crippen LogP) is 3.33. The molecule has 3 heteroatoms. The second kappa shape index (κ2) is 6.71. The van der Waals surface area contributed by atoms with Gasteiger partial charge in [-0.3, -0.25) is 0 Å². The van der Waals surface area contributed by atoms with Crippen LogP contribution < -0.4 is 5.32 Å². The number of aromatic nitrogens is 2. The first-order valence-electron chi connectivity index (χ1n) is 7.48. The van der Waals surface area contributed by atoms with Crippen LogP contribution in [0.5, 0.6) is 0 Å². The van der Waals surface area contributed by atoms with E-state index in [2.05, 4.69) is 55.4 Å². The van der Waals surface area contributed by atoms with Crippen LogP contribution in [-0.4, -0.2) is 22.6 Å². The molecule has 0 aliphatic carbocycles. The molecule has 0 saturated carbocycles. The number of hydrogen-bond donors (Lipinski definition) is 1. The maximum absolute atomic E-state index is 4.83. The summed E-state index contributed by atoms with van der Waals surface area (Å²) in [5.74, 6) is 1.15. The van der Waals surface area contributed by atoms with Crippen LogP contribution in [0.2, 0.25) is 0 Å². The number of nitrogens with one attached hydrogen (secondary N) is 1. The molecule has 3 nitrogen and oxygen atoms in total. The Hall–Kier alpha value is -1.61. The lowest BCUT2D eigenvalue weighted by Gasteiger charge is -2.09. The van der Waals surface area contributed by atoms with E-state index < -0.39 is 0 Å². The van der Waals surface area contributed by atoms with Gasteiger partial charge < -0.3 is 9.88 Å². The van der Waals surface area contributed by atoms with Crippen molar-refractivity contribution in [1.29, 1.82) is 0 Å². The van der Waals surface area contributed by atoms with Crippen molar-refractivity contribution >= 4 is 11.0 Å². The van der Waals surface area contributed by atoms with Crippen molar-refractivity contribution in [3.8, 4) is 0 Å². The molecular formula is C17H25N3. The monoisotopic (exact) mass is 271 g/mol. The van der Waals surface area contributed by atoms with E-state index in [1.165, 1.54) is 11.1 Å². The quantitative estimate of drug-likeness (QED) is 0.618. The van der Waals surface area contributed by atoms with Gasteiger partial charge in [0.25, 0.3) is 0 Å². The lowest BCUT2D eigenvalue weighted by molar-refractivity contribution is 0.662. The Morgan fingerprint density at radius 3 is 2.80 bits per heavy atom. The zero-order valence-corrected chi connectivity index (χ0v) is 12.9. The third kappa shape index (κ3) is 3.28. The number of allylic oxidation sites excluding steroid dienone is 1. The summed E-state index contributed by atoms with van der Waals surface area (Å²) in [4.78, 5) is 4.83. The number of hydrogen-bond acceptors (Lipinski definition) is 2. The Morgan fingerprint density at radius 2 is 2.15 bits per heavy atom. The minimum Gasteiger partial charge on any atom is -0.324 e. The largest absolute Gasteiger partial charge is 0.324 e. The average molecular weight is 271 g/mol. The van der Waals surface area contributed by atoms with Gasteiger partial charge in [0.15, 0.2) is 0 Å². The zero-order chi connectivity index (χ0) is 14.5. The maximum Gasteiger partial charge on any atom is 0.111 e. The second-order valence-corrected chi connectivity index (χ2v) is 5.35. The van der Waals surface area contributed by atoms with Crippen molar-refractivity contribution in [1.82, 2.24) is 14.9 Å². The van der Waals surface area contributed by atoms with Crippen molar-refractivity contribution in [2.75, 3.05) is 13.1 Å². The molecule has 0 saturated heterocycles. The van der Waals surface area contributed by atoms with Crippen LogP contribution in [0.25, 0.3) is 11.0 Å². The standard InChI is InChI=1S/C17H25N3/c1-5-14-7-8-16-15(11-14)19-17(9-10-18-6-2)20(16)12-13(3)4/h7-8,11,18H,3,5-6,9-10,12H2,1-2,4H3. The van der Waals surface area contributed by atoms with E-state index in [9.17, 15) is 0 Å². The molecule has 0 amide bonds. The van der Waals surface area contributed by atoms with E-state index in [0.29, 0.717) is 0 Å². The molecule has 0 aliphatic rings. The molecule has 0 unspecified atom stereocenters. The molecule has 0 radical (unpaired) electrons. The molecular weight excluding hydrogens is 246 g/mol. The lowest BCUT2D eigenvalue weighted by Crippen LogP contribution is -2.18. The Morgan fingerprint density at radius 1 is 1.35 bits per heavy atom. The molecule has 0 fully saturated rings. The van der Waals surface area contributed by atoms with Crippen LogP contribution in [0.15, 0.2) is 30.4 Å². The predicted molar refractivity (Wildman–Crippen MR) is 86.2 cm³/mol. The van der Waals surface area contributed by atoms with Crippen LogP contribution >= 0.6 is 0 Å². The van der Waals surface area contributed by atoms with Gasteiger partial charge in [-0.25, -0.2) is 4.98 Å². The molecule has 0 aliphatic heterocycles. The van der Waals surface area contributed by atoms with Crippen LogP contribution in [0.1, 0.15) is 32.2 Å². The first-order chi connectivity index (χ1) is 9.65. The van der Waals surface area contributed by atoms with E-state index >= 15 is 0 Å². The molecule has 108 valence electrons. The van der Waals surface area contributed by atoms with Gasteiger partial charge in [0.2, 0.25) is 0 Å². The molecule has 1 heterocycles. The molecule has 20 heavy (non-hydrogen) atoms. The number of likely N-dealkylation sites (N-methyl/N-ethyl adjacent to an activating group) is 1. The summed E-state index contributed by atoms with van der Waals surface area (Å²) in [7, 11) is 0. The van der Waals surface area contributed by atoms with Gasteiger partial charge in [-0.1, -0.05) is 32.1 Å². The molecule has 1 aromatic heterocycles. The summed E-state index contributed by atoms with van der Waals surface area (Å²) in [5.41, 5.74) is 4.83. The minimum absolute atomic E-state index is 0.851. The summed E-state index contributed by atoms with van der Waals surface area (Å²) < 4.78 is 2.30. The van der Waals surface area contributed by atoms with Crippen LogP contribution in [0.3, 0.4) is 0 Å². The van der Waals surface area contributed by atoms with E-state index in [1.54, 1.807) is 0 Å². The van der Waals surface area contributed by atoms with Crippen LogP contribution in [0, 0.1) is 0 Å². The highest BCUT2D eigenvalue weighted by atomic mass is 15.1. The highest BCUT2D eigenvalue weighted by Crippen LogP contribution is 2.20. The van der Waals surface area contributed by atoms with Gasteiger partial charge in [0, 0.05) is 19.5 Å². The summed E-state index contributed by atoms with van der Waals surface area (Å²) in [5, 5.41) is 3.37. The van der Waals surface area contributed by atoms with Gasteiger partial charge in [0.1, 0.15) is 5.82 Å². The van der Waals surface area contributed by atoms with E-state index in [4.69, 9.17) is 4.98 Å². The Kier molecular flexibility index (Phi) is 4.96. The zero-order valence-electron chi connectivity index (χ0n) is 12.9. The topological polar surface area (TPSA) is 29.9 Å². The van der Waals surface area contributed by atoms with E-state index in [0.717, 1.165) is 49.4 Å². The van der Waals surface area contributed by atoms with Crippen molar-refractivity contribution in [3.05, 3.63) is 41.7 Å². The Balaban J connectivity index is 2.39. The number of rotatable bonds is 7. The van der Waals surface area contributed by atoms with Gasteiger partial charge in [-0.05, 0) is 37.6 Å². The smallest absolute Gasteiger partial charge is 0.111 e. The molecule has 2 rings (SSSR count). The fourth-order valence-electron chi connectivity index (χ4n) is 2.46. The van der Waals surface area contributed by atoms with Gasteiger partial charge >= 0.3 is 0 Å². The van der Waals surface area contributed by atoms with E-state index in [-0.39, 0.29) is 0 Å². The number of aryl methyl sites for hydroxylation is 1. The lowest BCUT2D eigenvalue weighted by atomic mass is 10.1. The van der Waals surface area contributed by atoms with E-state index in [1.807, 2.05) is 0 Å². The van der Waals surface area contributed by atoms with Crippen molar-refractivity contribution in [2.45, 2.75) is 40.2 Å². The normalized spacial score (nSPS) is 11.2.